The zero-order valence-corrected chi connectivity index (χ0v) is 11.7. The SMILES string of the molecule is COc1ccc(/C(C)=N\Nc2ccc([N+](=O)[O-])cc2)cc1. The molecule has 0 aliphatic carbocycles. The molecule has 0 amide bonds. The van der Waals surface area contributed by atoms with Gasteiger partial charge in [-0.05, 0) is 48.9 Å². The zero-order valence-electron chi connectivity index (χ0n) is 11.7. The lowest BCUT2D eigenvalue weighted by Crippen LogP contribution is -1.99. The van der Waals surface area contributed by atoms with Crippen LogP contribution < -0.4 is 10.2 Å². The molecule has 0 aliphatic rings. The van der Waals surface area contributed by atoms with Gasteiger partial charge in [0, 0.05) is 12.1 Å². The van der Waals surface area contributed by atoms with Gasteiger partial charge in [0.15, 0.2) is 0 Å². The number of hydrazone groups is 1. The maximum Gasteiger partial charge on any atom is 0.269 e. The number of anilines is 1. The zero-order chi connectivity index (χ0) is 15.2. The van der Waals surface area contributed by atoms with E-state index in [-0.39, 0.29) is 5.69 Å². The van der Waals surface area contributed by atoms with Gasteiger partial charge in [-0.15, -0.1) is 0 Å². The summed E-state index contributed by atoms with van der Waals surface area (Å²) in [4.78, 5) is 10.1. The van der Waals surface area contributed by atoms with E-state index < -0.39 is 4.92 Å². The minimum absolute atomic E-state index is 0.0522. The molecule has 2 rings (SSSR count). The lowest BCUT2D eigenvalue weighted by Gasteiger charge is -2.05. The highest BCUT2D eigenvalue weighted by atomic mass is 16.6. The summed E-state index contributed by atoms with van der Waals surface area (Å²) in [6.45, 7) is 1.88. The van der Waals surface area contributed by atoms with Gasteiger partial charge in [-0.3, -0.25) is 15.5 Å². The lowest BCUT2D eigenvalue weighted by molar-refractivity contribution is -0.384. The van der Waals surface area contributed by atoms with Crippen LogP contribution in [0.4, 0.5) is 11.4 Å². The molecule has 2 aromatic carbocycles. The second kappa shape index (κ2) is 6.51. The standard InChI is InChI=1S/C15H15N3O3/c1-11(12-3-9-15(21-2)10-4-12)16-17-13-5-7-14(8-6-13)18(19)20/h3-10,17H,1-2H3/b16-11-. The van der Waals surface area contributed by atoms with Crippen LogP contribution in [0.3, 0.4) is 0 Å². The Labute approximate surface area is 122 Å². The van der Waals surface area contributed by atoms with Crippen LogP contribution in [0.5, 0.6) is 5.75 Å². The summed E-state index contributed by atoms with van der Waals surface area (Å²) >= 11 is 0. The summed E-state index contributed by atoms with van der Waals surface area (Å²) in [6.07, 6.45) is 0. The Kier molecular flexibility index (Phi) is 4.50. The van der Waals surface area contributed by atoms with Crippen LogP contribution in [-0.2, 0) is 0 Å². The van der Waals surface area contributed by atoms with Gasteiger partial charge < -0.3 is 4.74 Å². The van der Waals surface area contributed by atoms with Crippen molar-refractivity contribution in [3.8, 4) is 5.75 Å². The molecule has 0 atom stereocenters. The Morgan fingerprint density at radius 1 is 1.14 bits per heavy atom. The van der Waals surface area contributed by atoms with Crippen LogP contribution >= 0.6 is 0 Å². The fraction of sp³-hybridized carbons (Fsp3) is 0.133. The molecule has 0 aromatic heterocycles. The van der Waals surface area contributed by atoms with Gasteiger partial charge in [-0.2, -0.15) is 5.10 Å². The van der Waals surface area contributed by atoms with Gasteiger partial charge in [0.1, 0.15) is 5.75 Å². The lowest BCUT2D eigenvalue weighted by atomic mass is 10.1. The summed E-state index contributed by atoms with van der Waals surface area (Å²) in [6, 6.07) is 13.6. The molecule has 2 aromatic rings. The monoisotopic (exact) mass is 285 g/mol. The number of ether oxygens (including phenoxy) is 1. The van der Waals surface area contributed by atoms with Crippen molar-refractivity contribution in [2.24, 2.45) is 5.10 Å². The van der Waals surface area contributed by atoms with Gasteiger partial charge in [0.25, 0.3) is 5.69 Å². The van der Waals surface area contributed by atoms with Crippen molar-refractivity contribution in [2.45, 2.75) is 6.92 Å². The maximum absolute atomic E-state index is 10.6. The summed E-state index contributed by atoms with van der Waals surface area (Å²) in [5.41, 5.74) is 5.38. The van der Waals surface area contributed by atoms with Crippen molar-refractivity contribution in [1.82, 2.24) is 0 Å². The summed E-state index contributed by atoms with van der Waals surface area (Å²) in [5, 5.41) is 14.8. The van der Waals surface area contributed by atoms with Gasteiger partial charge >= 0.3 is 0 Å². The molecule has 0 radical (unpaired) electrons. The van der Waals surface area contributed by atoms with Crippen LogP contribution in [0.15, 0.2) is 53.6 Å². The number of hydrogen-bond acceptors (Lipinski definition) is 5. The number of nitro groups is 1. The molecule has 108 valence electrons. The van der Waals surface area contributed by atoms with Crippen molar-refractivity contribution in [3.05, 3.63) is 64.2 Å². The number of nitrogens with one attached hydrogen (secondary N) is 1. The first-order valence-corrected chi connectivity index (χ1v) is 6.29. The van der Waals surface area contributed by atoms with E-state index in [0.29, 0.717) is 5.69 Å². The first-order valence-electron chi connectivity index (χ1n) is 6.29. The van der Waals surface area contributed by atoms with Crippen molar-refractivity contribution in [1.29, 1.82) is 0 Å². The second-order valence-corrected chi connectivity index (χ2v) is 4.34. The third kappa shape index (κ3) is 3.79. The topological polar surface area (TPSA) is 76.8 Å². The second-order valence-electron chi connectivity index (χ2n) is 4.34. The quantitative estimate of drug-likeness (QED) is 0.518. The Morgan fingerprint density at radius 2 is 1.76 bits per heavy atom. The van der Waals surface area contributed by atoms with Gasteiger partial charge in [-0.25, -0.2) is 0 Å². The average molecular weight is 285 g/mol. The number of benzene rings is 2. The predicted octanol–water partition coefficient (Wildman–Crippen LogP) is 3.44. The smallest absolute Gasteiger partial charge is 0.269 e. The Hall–Kier alpha value is -2.89. The first kappa shape index (κ1) is 14.5. The number of nitrogens with zero attached hydrogens (tertiary/aromatic N) is 2. The Morgan fingerprint density at radius 3 is 2.29 bits per heavy atom. The van der Waals surface area contributed by atoms with Gasteiger partial charge in [0.05, 0.1) is 23.4 Å². The number of hydrogen-bond donors (Lipinski definition) is 1. The number of rotatable bonds is 5. The van der Waals surface area contributed by atoms with E-state index in [4.69, 9.17) is 4.74 Å². The Bertz CT molecular complexity index is 649. The van der Waals surface area contributed by atoms with E-state index in [1.165, 1.54) is 12.1 Å². The number of nitro benzene ring substituents is 1. The highest BCUT2D eigenvalue weighted by Crippen LogP contribution is 2.16. The first-order chi connectivity index (χ1) is 10.1. The molecule has 0 spiro atoms. The Balaban J connectivity index is 2.06. The molecule has 0 bridgehead atoms. The molecule has 0 fully saturated rings. The highest BCUT2D eigenvalue weighted by Gasteiger charge is 2.03. The van der Waals surface area contributed by atoms with Crippen molar-refractivity contribution >= 4 is 17.1 Å². The van der Waals surface area contributed by atoms with Crippen LogP contribution in [0.25, 0.3) is 0 Å². The molecule has 21 heavy (non-hydrogen) atoms. The predicted molar refractivity (Wildman–Crippen MR) is 81.9 cm³/mol. The van der Waals surface area contributed by atoms with E-state index >= 15 is 0 Å². The minimum atomic E-state index is -0.435. The third-order valence-electron chi connectivity index (χ3n) is 2.94. The largest absolute Gasteiger partial charge is 0.497 e. The van der Waals surface area contributed by atoms with Crippen LogP contribution in [-0.4, -0.2) is 17.7 Å². The van der Waals surface area contributed by atoms with Crippen LogP contribution in [0, 0.1) is 10.1 Å². The molecule has 0 saturated heterocycles. The molecule has 0 unspecified atom stereocenters. The molecular weight excluding hydrogens is 270 g/mol. The highest BCUT2D eigenvalue weighted by molar-refractivity contribution is 5.99. The van der Waals surface area contributed by atoms with Crippen molar-refractivity contribution in [3.63, 3.8) is 0 Å². The van der Waals surface area contributed by atoms with E-state index in [1.54, 1.807) is 19.2 Å². The maximum atomic E-state index is 10.6. The molecular formula is C15H15N3O3. The van der Waals surface area contributed by atoms with E-state index in [2.05, 4.69) is 10.5 Å². The average Bonchev–Trinajstić information content (AvgIpc) is 2.53. The molecule has 6 heteroatoms. The minimum Gasteiger partial charge on any atom is -0.497 e. The van der Waals surface area contributed by atoms with E-state index in [0.717, 1.165) is 17.0 Å². The third-order valence-corrected chi connectivity index (χ3v) is 2.94. The fourth-order valence-corrected chi connectivity index (χ4v) is 1.70. The summed E-state index contributed by atoms with van der Waals surface area (Å²) < 4.78 is 5.10. The molecule has 0 saturated carbocycles. The molecule has 0 aliphatic heterocycles. The molecule has 1 N–H and O–H groups in total. The van der Waals surface area contributed by atoms with Crippen LogP contribution in [0.1, 0.15) is 12.5 Å². The van der Waals surface area contributed by atoms with Gasteiger partial charge in [-0.1, -0.05) is 0 Å². The van der Waals surface area contributed by atoms with Crippen molar-refractivity contribution in [2.75, 3.05) is 12.5 Å². The normalized spacial score (nSPS) is 11.0. The van der Waals surface area contributed by atoms with E-state index in [9.17, 15) is 10.1 Å². The summed E-state index contributed by atoms with van der Waals surface area (Å²) in [5.74, 6) is 0.787. The van der Waals surface area contributed by atoms with Gasteiger partial charge in [0.2, 0.25) is 0 Å². The van der Waals surface area contributed by atoms with Crippen LogP contribution in [0.2, 0.25) is 0 Å². The van der Waals surface area contributed by atoms with Crippen molar-refractivity contribution < 1.29 is 9.66 Å². The molecule has 6 nitrogen and oxygen atoms in total. The number of methoxy groups -OCH3 is 1. The number of non-ortho nitro benzene ring substituents is 1. The molecule has 0 heterocycles. The summed E-state index contributed by atoms with van der Waals surface area (Å²) in [7, 11) is 1.62. The van der Waals surface area contributed by atoms with E-state index in [1.807, 2.05) is 31.2 Å². The fourth-order valence-electron chi connectivity index (χ4n) is 1.70.